The highest BCUT2D eigenvalue weighted by Crippen LogP contribution is 2.30. The number of aromatic nitrogens is 3. The summed E-state index contributed by atoms with van der Waals surface area (Å²) in [5, 5.41) is 7.05. The molecule has 8 heteroatoms. The van der Waals surface area contributed by atoms with Gasteiger partial charge in [-0.25, -0.2) is 4.68 Å². The van der Waals surface area contributed by atoms with Crippen molar-refractivity contribution in [3.05, 3.63) is 11.4 Å². The van der Waals surface area contributed by atoms with E-state index in [2.05, 4.69) is 10.3 Å². The molecule has 1 unspecified atom stereocenters. The van der Waals surface area contributed by atoms with Crippen LogP contribution in [0.3, 0.4) is 0 Å². The van der Waals surface area contributed by atoms with Gasteiger partial charge in [0.15, 0.2) is 0 Å². The van der Waals surface area contributed by atoms with Crippen LogP contribution in [-0.2, 0) is 17.9 Å². The molecular formula is C8H13F3N4O. The van der Waals surface area contributed by atoms with Crippen LogP contribution in [0.4, 0.5) is 13.2 Å². The number of ether oxygens (including phenoxy) is 1. The fourth-order valence-corrected chi connectivity index (χ4v) is 1.24. The fraction of sp³-hybridized carbons (Fsp3) is 0.750. The van der Waals surface area contributed by atoms with Crippen molar-refractivity contribution in [3.63, 3.8) is 0 Å². The van der Waals surface area contributed by atoms with Gasteiger partial charge in [0, 0.05) is 13.7 Å². The third kappa shape index (κ3) is 2.50. The Kier molecular flexibility index (Phi) is 3.87. The van der Waals surface area contributed by atoms with E-state index in [4.69, 9.17) is 10.5 Å². The van der Waals surface area contributed by atoms with Gasteiger partial charge in [0.05, 0.1) is 12.3 Å². The molecule has 0 aliphatic rings. The lowest BCUT2D eigenvalue weighted by atomic mass is 10.2. The Hall–Kier alpha value is -1.15. The molecule has 0 spiro atoms. The summed E-state index contributed by atoms with van der Waals surface area (Å²) >= 11 is 0. The summed E-state index contributed by atoms with van der Waals surface area (Å²) in [4.78, 5) is 0. The Morgan fingerprint density at radius 2 is 2.12 bits per heavy atom. The highest BCUT2D eigenvalue weighted by molar-refractivity contribution is 5.09. The van der Waals surface area contributed by atoms with Crippen molar-refractivity contribution >= 4 is 0 Å². The van der Waals surface area contributed by atoms with Gasteiger partial charge in [-0.05, 0) is 6.92 Å². The third-order valence-corrected chi connectivity index (χ3v) is 2.19. The summed E-state index contributed by atoms with van der Waals surface area (Å²) in [5.41, 5.74) is 5.93. The van der Waals surface area contributed by atoms with Crippen molar-refractivity contribution in [3.8, 4) is 0 Å². The van der Waals surface area contributed by atoms with Crippen LogP contribution in [0, 0.1) is 0 Å². The lowest BCUT2D eigenvalue weighted by Gasteiger charge is -2.17. The minimum atomic E-state index is -4.37. The van der Waals surface area contributed by atoms with Crippen LogP contribution in [-0.4, -0.2) is 28.3 Å². The van der Waals surface area contributed by atoms with E-state index in [0.29, 0.717) is 5.69 Å². The summed E-state index contributed by atoms with van der Waals surface area (Å²) < 4.78 is 43.1. The van der Waals surface area contributed by atoms with Crippen LogP contribution in [0.25, 0.3) is 0 Å². The summed E-state index contributed by atoms with van der Waals surface area (Å²) in [7, 11) is 1.38. The van der Waals surface area contributed by atoms with E-state index < -0.39 is 12.2 Å². The molecule has 2 N–H and O–H groups in total. The Morgan fingerprint density at radius 3 is 2.56 bits per heavy atom. The number of rotatable bonds is 4. The van der Waals surface area contributed by atoms with Gasteiger partial charge in [0.1, 0.15) is 11.7 Å². The predicted molar refractivity (Wildman–Crippen MR) is 49.4 cm³/mol. The lowest BCUT2D eigenvalue weighted by Crippen LogP contribution is -2.26. The summed E-state index contributed by atoms with van der Waals surface area (Å²) in [6, 6.07) is -1.74. The minimum Gasteiger partial charge on any atom is -0.378 e. The molecular weight excluding hydrogens is 225 g/mol. The first-order valence-electron chi connectivity index (χ1n) is 4.60. The molecule has 92 valence electrons. The molecule has 1 rings (SSSR count). The third-order valence-electron chi connectivity index (χ3n) is 2.19. The second-order valence-electron chi connectivity index (χ2n) is 3.28. The first-order valence-corrected chi connectivity index (χ1v) is 4.60. The molecule has 1 aromatic heterocycles. The summed E-state index contributed by atoms with van der Waals surface area (Å²) in [6.07, 6.45) is -4.37. The van der Waals surface area contributed by atoms with E-state index in [9.17, 15) is 13.2 Å². The predicted octanol–water partition coefficient (Wildman–Crippen LogP) is 1.01. The van der Waals surface area contributed by atoms with Gasteiger partial charge in [-0.2, -0.15) is 13.2 Å². The lowest BCUT2D eigenvalue weighted by molar-refractivity contribution is -0.166. The van der Waals surface area contributed by atoms with Crippen molar-refractivity contribution in [2.24, 2.45) is 5.73 Å². The molecule has 0 saturated carbocycles. The number of nitrogens with zero attached hydrogens (tertiary/aromatic N) is 3. The van der Waals surface area contributed by atoms with Gasteiger partial charge >= 0.3 is 6.18 Å². The number of hydrogen-bond acceptors (Lipinski definition) is 4. The maximum Gasteiger partial charge on any atom is 0.410 e. The monoisotopic (exact) mass is 238 g/mol. The minimum absolute atomic E-state index is 0.0000463. The van der Waals surface area contributed by atoms with E-state index in [1.165, 1.54) is 7.11 Å². The zero-order chi connectivity index (χ0) is 12.3. The molecule has 0 saturated heterocycles. The van der Waals surface area contributed by atoms with Crippen molar-refractivity contribution < 1.29 is 17.9 Å². The van der Waals surface area contributed by atoms with E-state index in [1.54, 1.807) is 0 Å². The average molecular weight is 238 g/mol. The van der Waals surface area contributed by atoms with Gasteiger partial charge in [0.25, 0.3) is 0 Å². The van der Waals surface area contributed by atoms with Gasteiger partial charge in [0.2, 0.25) is 0 Å². The van der Waals surface area contributed by atoms with Gasteiger partial charge in [-0.1, -0.05) is 5.21 Å². The number of alkyl halides is 3. The first-order chi connectivity index (χ1) is 7.41. The molecule has 0 fully saturated rings. The van der Waals surface area contributed by atoms with Crippen LogP contribution in [0.2, 0.25) is 0 Å². The molecule has 1 atom stereocenters. The van der Waals surface area contributed by atoms with E-state index >= 15 is 0 Å². The SMILES string of the molecule is COCc1c(CN)nnn1C(C)C(F)(F)F. The van der Waals surface area contributed by atoms with Crippen LogP contribution in [0.1, 0.15) is 24.4 Å². The zero-order valence-electron chi connectivity index (χ0n) is 8.95. The molecule has 1 aromatic rings. The smallest absolute Gasteiger partial charge is 0.378 e. The van der Waals surface area contributed by atoms with E-state index in [0.717, 1.165) is 11.6 Å². The van der Waals surface area contributed by atoms with Crippen LogP contribution >= 0.6 is 0 Å². The van der Waals surface area contributed by atoms with Crippen LogP contribution < -0.4 is 5.73 Å². The Bertz CT molecular complexity index is 350. The summed E-state index contributed by atoms with van der Waals surface area (Å²) in [6.45, 7) is 1.04. The van der Waals surface area contributed by atoms with Gasteiger partial charge in [-0.3, -0.25) is 0 Å². The average Bonchev–Trinajstić information content (AvgIpc) is 2.59. The molecule has 0 amide bonds. The Morgan fingerprint density at radius 1 is 1.50 bits per heavy atom. The summed E-state index contributed by atoms with van der Waals surface area (Å²) in [5.74, 6) is 0. The number of methoxy groups -OCH3 is 1. The number of nitrogens with two attached hydrogens (primary N) is 1. The number of halogens is 3. The van der Waals surface area contributed by atoms with Gasteiger partial charge < -0.3 is 10.5 Å². The topological polar surface area (TPSA) is 66.0 Å². The second-order valence-corrected chi connectivity index (χ2v) is 3.28. The quantitative estimate of drug-likeness (QED) is 0.850. The van der Waals surface area contributed by atoms with E-state index in [1.807, 2.05) is 0 Å². The molecule has 0 bridgehead atoms. The Labute approximate surface area is 90.4 Å². The fourth-order valence-electron chi connectivity index (χ4n) is 1.24. The largest absolute Gasteiger partial charge is 0.410 e. The van der Waals surface area contributed by atoms with Gasteiger partial charge in [-0.15, -0.1) is 5.10 Å². The van der Waals surface area contributed by atoms with Crippen molar-refractivity contribution in [2.75, 3.05) is 7.11 Å². The van der Waals surface area contributed by atoms with E-state index in [-0.39, 0.29) is 18.8 Å². The molecule has 1 heterocycles. The maximum atomic E-state index is 12.5. The number of hydrogen-bond donors (Lipinski definition) is 1. The molecule has 0 aliphatic carbocycles. The molecule has 0 aliphatic heterocycles. The zero-order valence-corrected chi connectivity index (χ0v) is 8.95. The molecule has 0 aromatic carbocycles. The molecule has 16 heavy (non-hydrogen) atoms. The van der Waals surface area contributed by atoms with Crippen molar-refractivity contribution in [1.29, 1.82) is 0 Å². The maximum absolute atomic E-state index is 12.5. The standard InChI is InChI=1S/C8H13F3N4O/c1-5(8(9,10)11)15-7(4-16-2)6(3-12)13-14-15/h5H,3-4,12H2,1-2H3. The second kappa shape index (κ2) is 4.79. The highest BCUT2D eigenvalue weighted by atomic mass is 19.4. The van der Waals surface area contributed by atoms with Crippen LogP contribution in [0.15, 0.2) is 0 Å². The first kappa shape index (κ1) is 12.9. The normalized spacial score (nSPS) is 14.1. The molecule has 0 radical (unpaired) electrons. The Balaban J connectivity index is 3.08. The molecule has 5 nitrogen and oxygen atoms in total. The van der Waals surface area contributed by atoms with Crippen molar-refractivity contribution in [1.82, 2.24) is 15.0 Å². The van der Waals surface area contributed by atoms with Crippen LogP contribution in [0.5, 0.6) is 0 Å². The highest BCUT2D eigenvalue weighted by Gasteiger charge is 2.39. The van der Waals surface area contributed by atoms with Crippen molar-refractivity contribution in [2.45, 2.75) is 32.3 Å².